The van der Waals surface area contributed by atoms with Gasteiger partial charge in [0.25, 0.3) is 5.91 Å². The van der Waals surface area contributed by atoms with Gasteiger partial charge in [0.05, 0.1) is 10.2 Å². The van der Waals surface area contributed by atoms with Gasteiger partial charge < -0.3 is 14.8 Å². The fourth-order valence-corrected chi connectivity index (χ4v) is 5.90. The van der Waals surface area contributed by atoms with Crippen molar-refractivity contribution in [1.29, 1.82) is 0 Å². The lowest BCUT2D eigenvalue weighted by atomic mass is 9.88. The number of hydrogen-bond acceptors (Lipinski definition) is 4. The SMILES string of the molecule is O=C(c1ccc(F)cc1)C1CCN(CC[C@@H]2CCCN2C(=O)c2cc3sccc3[nH]2)CC1. The molecule has 2 aliphatic rings. The van der Waals surface area contributed by atoms with Crippen molar-refractivity contribution in [3.63, 3.8) is 0 Å². The number of halogens is 1. The molecule has 2 fully saturated rings. The minimum atomic E-state index is -0.313. The number of H-pyrrole nitrogens is 1. The molecule has 0 bridgehead atoms. The molecule has 0 radical (unpaired) electrons. The number of carbonyl (C=O) groups is 2. The van der Waals surface area contributed by atoms with Crippen molar-refractivity contribution in [2.24, 2.45) is 5.92 Å². The topological polar surface area (TPSA) is 56.4 Å². The summed E-state index contributed by atoms with van der Waals surface area (Å²) in [7, 11) is 0. The fourth-order valence-electron chi connectivity index (χ4n) is 5.12. The summed E-state index contributed by atoms with van der Waals surface area (Å²) in [6.07, 6.45) is 4.75. The molecule has 1 N–H and O–H groups in total. The smallest absolute Gasteiger partial charge is 0.270 e. The normalized spacial score (nSPS) is 20.3. The van der Waals surface area contributed by atoms with E-state index in [2.05, 4.69) is 9.88 Å². The maximum Gasteiger partial charge on any atom is 0.270 e. The number of carbonyl (C=O) groups excluding carboxylic acids is 2. The molecule has 1 amide bonds. The Bertz CT molecular complexity index is 1070. The summed E-state index contributed by atoms with van der Waals surface area (Å²) < 4.78 is 14.2. The maximum absolute atomic E-state index is 13.1. The first-order valence-electron chi connectivity index (χ1n) is 11.5. The van der Waals surface area contributed by atoms with Crippen molar-refractivity contribution in [2.75, 3.05) is 26.2 Å². The Morgan fingerprint density at radius 1 is 1.06 bits per heavy atom. The third kappa shape index (κ3) is 4.36. The van der Waals surface area contributed by atoms with Crippen LogP contribution in [0.15, 0.2) is 41.8 Å². The van der Waals surface area contributed by atoms with Gasteiger partial charge >= 0.3 is 0 Å². The molecule has 0 aliphatic carbocycles. The number of aromatic nitrogens is 1. The zero-order chi connectivity index (χ0) is 22.1. The third-order valence-electron chi connectivity index (χ3n) is 6.97. The number of rotatable bonds is 6. The molecule has 1 atom stereocenters. The van der Waals surface area contributed by atoms with Crippen molar-refractivity contribution in [2.45, 2.75) is 38.1 Å². The first-order valence-corrected chi connectivity index (χ1v) is 12.4. The van der Waals surface area contributed by atoms with Gasteiger partial charge in [0.2, 0.25) is 0 Å². The van der Waals surface area contributed by atoms with E-state index in [1.165, 1.54) is 12.1 Å². The Kier molecular flexibility index (Phi) is 6.11. The number of ketones is 1. The minimum absolute atomic E-state index is 0.0167. The van der Waals surface area contributed by atoms with Gasteiger partial charge in [0, 0.05) is 30.6 Å². The summed E-state index contributed by atoms with van der Waals surface area (Å²) in [5.41, 5.74) is 2.33. The molecule has 0 unspecified atom stereocenters. The highest BCUT2D eigenvalue weighted by Gasteiger charge is 2.31. The number of hydrogen-bond donors (Lipinski definition) is 1. The number of piperidine rings is 1. The molecule has 2 saturated heterocycles. The fraction of sp³-hybridized carbons (Fsp3) is 0.440. The summed E-state index contributed by atoms with van der Waals surface area (Å²) in [4.78, 5) is 33.5. The summed E-state index contributed by atoms with van der Waals surface area (Å²) >= 11 is 1.65. The summed E-state index contributed by atoms with van der Waals surface area (Å²) in [5.74, 6) is -0.0579. The molecule has 0 spiro atoms. The Labute approximate surface area is 191 Å². The molecule has 2 aliphatic heterocycles. The zero-order valence-electron chi connectivity index (χ0n) is 18.1. The predicted octanol–water partition coefficient (Wildman–Crippen LogP) is 4.96. The van der Waals surface area contributed by atoms with Crippen LogP contribution in [0.4, 0.5) is 4.39 Å². The number of nitrogens with one attached hydrogen (secondary N) is 1. The molecule has 7 heteroatoms. The quantitative estimate of drug-likeness (QED) is 0.537. The van der Waals surface area contributed by atoms with Crippen molar-refractivity contribution < 1.29 is 14.0 Å². The van der Waals surface area contributed by atoms with Gasteiger partial charge in [0.15, 0.2) is 5.78 Å². The van der Waals surface area contributed by atoms with Crippen molar-refractivity contribution in [3.05, 3.63) is 58.9 Å². The zero-order valence-corrected chi connectivity index (χ0v) is 18.9. The monoisotopic (exact) mass is 453 g/mol. The lowest BCUT2D eigenvalue weighted by Crippen LogP contribution is -2.41. The van der Waals surface area contributed by atoms with Crippen molar-refractivity contribution in [1.82, 2.24) is 14.8 Å². The van der Waals surface area contributed by atoms with E-state index in [1.54, 1.807) is 23.5 Å². The van der Waals surface area contributed by atoms with Crippen LogP contribution in [-0.4, -0.2) is 58.7 Å². The summed E-state index contributed by atoms with van der Waals surface area (Å²) in [6, 6.07) is 10.2. The second kappa shape index (κ2) is 9.16. The van der Waals surface area contributed by atoms with Crippen LogP contribution in [0.3, 0.4) is 0 Å². The Hall–Kier alpha value is -2.51. The van der Waals surface area contributed by atoms with Gasteiger partial charge in [-0.15, -0.1) is 11.3 Å². The van der Waals surface area contributed by atoms with Crippen LogP contribution in [0.1, 0.15) is 53.0 Å². The second-order valence-electron chi connectivity index (χ2n) is 8.95. The highest BCUT2D eigenvalue weighted by atomic mass is 32.1. The van der Waals surface area contributed by atoms with Gasteiger partial charge in [-0.25, -0.2) is 4.39 Å². The largest absolute Gasteiger partial charge is 0.350 e. The standard InChI is InChI=1S/C25H28FN3O2S/c26-19-5-3-17(4-6-19)24(30)18-7-12-28(13-8-18)14-9-20-2-1-11-29(20)25(31)22-16-23-21(27-22)10-15-32-23/h3-6,10,15-16,18,20,27H,1-2,7-9,11-14H2/t20-/m0/s1. The predicted molar refractivity (Wildman–Crippen MR) is 125 cm³/mol. The summed E-state index contributed by atoms with van der Waals surface area (Å²) in [5, 5.41) is 2.03. The molecule has 2 aromatic heterocycles. The number of nitrogens with zero attached hydrogens (tertiary/aromatic N) is 2. The molecule has 3 aromatic rings. The van der Waals surface area contributed by atoms with E-state index in [-0.39, 0.29) is 29.5 Å². The molecular weight excluding hydrogens is 425 g/mol. The van der Waals surface area contributed by atoms with Crippen LogP contribution in [0, 0.1) is 11.7 Å². The molecule has 4 heterocycles. The average Bonchev–Trinajstić information content (AvgIpc) is 3.54. The lowest BCUT2D eigenvalue weighted by molar-refractivity contribution is 0.0700. The third-order valence-corrected chi connectivity index (χ3v) is 7.84. The van der Waals surface area contributed by atoms with E-state index in [4.69, 9.17) is 0 Å². The van der Waals surface area contributed by atoms with Crippen LogP contribution in [0.2, 0.25) is 0 Å². The molecular formula is C25H28FN3O2S. The number of likely N-dealkylation sites (tertiary alicyclic amines) is 2. The van der Waals surface area contributed by atoms with E-state index in [0.29, 0.717) is 11.3 Å². The number of fused-ring (bicyclic) bond motifs is 1. The van der Waals surface area contributed by atoms with Crippen LogP contribution in [0.25, 0.3) is 10.2 Å². The molecule has 5 nitrogen and oxygen atoms in total. The summed E-state index contributed by atoms with van der Waals surface area (Å²) in [6.45, 7) is 3.56. The van der Waals surface area contributed by atoms with Crippen LogP contribution in [0.5, 0.6) is 0 Å². The lowest BCUT2D eigenvalue weighted by Gasteiger charge is -2.33. The molecule has 0 saturated carbocycles. The maximum atomic E-state index is 13.1. The Balaban J connectivity index is 1.12. The average molecular weight is 454 g/mol. The number of benzene rings is 1. The molecule has 168 valence electrons. The highest BCUT2D eigenvalue weighted by molar-refractivity contribution is 7.17. The second-order valence-corrected chi connectivity index (χ2v) is 9.90. The van der Waals surface area contributed by atoms with Gasteiger partial charge in [-0.2, -0.15) is 0 Å². The van der Waals surface area contributed by atoms with Gasteiger partial charge in [-0.1, -0.05) is 0 Å². The van der Waals surface area contributed by atoms with Crippen molar-refractivity contribution in [3.8, 4) is 0 Å². The van der Waals surface area contributed by atoms with Gasteiger partial charge in [-0.05, 0) is 87.0 Å². The van der Waals surface area contributed by atoms with E-state index in [0.717, 1.165) is 68.5 Å². The van der Waals surface area contributed by atoms with Gasteiger partial charge in [0.1, 0.15) is 11.5 Å². The van der Waals surface area contributed by atoms with E-state index >= 15 is 0 Å². The van der Waals surface area contributed by atoms with E-state index in [1.807, 2.05) is 22.4 Å². The minimum Gasteiger partial charge on any atom is -0.350 e. The first kappa shape index (κ1) is 21.3. The number of thiophene rings is 1. The Morgan fingerprint density at radius 3 is 2.59 bits per heavy atom. The van der Waals surface area contributed by atoms with Crippen molar-refractivity contribution >= 4 is 33.2 Å². The molecule has 1 aromatic carbocycles. The first-order chi connectivity index (χ1) is 15.6. The highest BCUT2D eigenvalue weighted by Crippen LogP contribution is 2.27. The Morgan fingerprint density at radius 2 is 1.84 bits per heavy atom. The molecule has 32 heavy (non-hydrogen) atoms. The van der Waals surface area contributed by atoms with Crippen LogP contribution >= 0.6 is 11.3 Å². The van der Waals surface area contributed by atoms with E-state index < -0.39 is 0 Å². The van der Waals surface area contributed by atoms with Gasteiger partial charge in [-0.3, -0.25) is 9.59 Å². The number of aromatic amines is 1. The van der Waals surface area contributed by atoms with Crippen LogP contribution in [-0.2, 0) is 0 Å². The van der Waals surface area contributed by atoms with Crippen LogP contribution < -0.4 is 0 Å². The number of amides is 1. The number of Topliss-reactive ketones (excluding diaryl/α,β-unsaturated/α-hetero) is 1. The van der Waals surface area contributed by atoms with E-state index in [9.17, 15) is 14.0 Å². The molecule has 5 rings (SSSR count).